The fourth-order valence-corrected chi connectivity index (χ4v) is 3.22. The highest BCUT2D eigenvalue weighted by Gasteiger charge is 2.16. The predicted octanol–water partition coefficient (Wildman–Crippen LogP) is 4.59. The Balaban J connectivity index is 1.89. The Labute approximate surface area is 172 Å². The first-order valence-electron chi connectivity index (χ1n) is 9.38. The molecule has 3 aromatic carbocycles. The molecule has 0 spiro atoms. The van der Waals surface area contributed by atoms with Gasteiger partial charge >= 0.3 is 5.97 Å². The van der Waals surface area contributed by atoms with Crippen LogP contribution in [-0.2, 0) is 0 Å². The number of para-hydroxylation sites is 1. The summed E-state index contributed by atoms with van der Waals surface area (Å²) >= 11 is 0. The van der Waals surface area contributed by atoms with Crippen molar-refractivity contribution in [2.75, 3.05) is 0 Å². The number of aryl methyl sites for hydroxylation is 1. The molecule has 4 rings (SSSR count). The van der Waals surface area contributed by atoms with E-state index in [0.29, 0.717) is 22.6 Å². The van der Waals surface area contributed by atoms with Crippen LogP contribution in [0.2, 0.25) is 0 Å². The second-order valence-electron chi connectivity index (χ2n) is 6.83. The van der Waals surface area contributed by atoms with Crippen LogP contribution >= 0.6 is 0 Å². The molecule has 0 radical (unpaired) electrons. The summed E-state index contributed by atoms with van der Waals surface area (Å²) in [5.74, 6) is -1.07. The average Bonchev–Trinajstić information content (AvgIpc) is 3.09. The highest BCUT2D eigenvalue weighted by Crippen LogP contribution is 2.23. The van der Waals surface area contributed by atoms with E-state index >= 15 is 0 Å². The SMILES string of the molecule is Cc1ccc(C(=O)O)c(N=Cc2c(-c3ccccc3)[nH]n(-c3ccccc3)c2=O)c1. The van der Waals surface area contributed by atoms with Gasteiger partial charge in [-0.05, 0) is 36.8 Å². The molecule has 4 aromatic rings. The third kappa shape index (κ3) is 3.71. The molecule has 2 N–H and O–H groups in total. The van der Waals surface area contributed by atoms with Crippen LogP contribution in [0.4, 0.5) is 5.69 Å². The zero-order valence-electron chi connectivity index (χ0n) is 16.2. The van der Waals surface area contributed by atoms with Crippen molar-refractivity contribution in [3.05, 3.63) is 106 Å². The van der Waals surface area contributed by atoms with Crippen LogP contribution in [0, 0.1) is 6.92 Å². The van der Waals surface area contributed by atoms with Crippen molar-refractivity contribution in [2.45, 2.75) is 6.92 Å². The fraction of sp³-hybridized carbons (Fsp3) is 0.0417. The maximum absolute atomic E-state index is 13.2. The van der Waals surface area contributed by atoms with E-state index in [0.717, 1.165) is 11.1 Å². The molecule has 0 saturated heterocycles. The number of carboxylic acids is 1. The summed E-state index contributed by atoms with van der Waals surface area (Å²) in [7, 11) is 0. The van der Waals surface area contributed by atoms with Crippen molar-refractivity contribution in [3.8, 4) is 16.9 Å². The van der Waals surface area contributed by atoms with Crippen molar-refractivity contribution in [1.29, 1.82) is 0 Å². The third-order valence-corrected chi connectivity index (χ3v) is 4.72. The molecule has 6 nitrogen and oxygen atoms in total. The minimum absolute atomic E-state index is 0.0806. The number of rotatable bonds is 5. The number of H-pyrrole nitrogens is 1. The van der Waals surface area contributed by atoms with Crippen molar-refractivity contribution in [3.63, 3.8) is 0 Å². The first-order valence-corrected chi connectivity index (χ1v) is 9.38. The molecule has 0 fully saturated rings. The van der Waals surface area contributed by atoms with Gasteiger partial charge in [-0.3, -0.25) is 14.9 Å². The Bertz CT molecular complexity index is 1290. The lowest BCUT2D eigenvalue weighted by molar-refractivity contribution is 0.0698. The molecule has 30 heavy (non-hydrogen) atoms. The second-order valence-corrected chi connectivity index (χ2v) is 6.83. The van der Waals surface area contributed by atoms with Crippen LogP contribution in [0.3, 0.4) is 0 Å². The lowest BCUT2D eigenvalue weighted by Crippen LogP contribution is -2.17. The van der Waals surface area contributed by atoms with Crippen LogP contribution in [0.25, 0.3) is 16.9 Å². The number of aliphatic imine (C=N–C) groups is 1. The number of carboxylic acid groups (broad SMARTS) is 1. The Morgan fingerprint density at radius 2 is 1.67 bits per heavy atom. The minimum Gasteiger partial charge on any atom is -0.478 e. The first-order chi connectivity index (χ1) is 14.5. The molecule has 0 saturated carbocycles. The lowest BCUT2D eigenvalue weighted by atomic mass is 10.1. The van der Waals surface area contributed by atoms with Crippen LogP contribution in [0.15, 0.2) is 88.6 Å². The molecule has 0 aliphatic heterocycles. The zero-order chi connectivity index (χ0) is 21.1. The van der Waals surface area contributed by atoms with Crippen LogP contribution in [-0.4, -0.2) is 27.1 Å². The molecule has 6 heteroatoms. The topological polar surface area (TPSA) is 87.4 Å². The number of aromatic nitrogens is 2. The number of nitrogens with one attached hydrogen (secondary N) is 1. The van der Waals surface area contributed by atoms with E-state index in [1.54, 1.807) is 12.1 Å². The average molecular weight is 397 g/mol. The van der Waals surface area contributed by atoms with Gasteiger partial charge in [0.25, 0.3) is 5.56 Å². The molecule has 0 amide bonds. The maximum atomic E-state index is 13.2. The van der Waals surface area contributed by atoms with E-state index in [1.807, 2.05) is 67.6 Å². The van der Waals surface area contributed by atoms with Gasteiger partial charge < -0.3 is 5.11 Å². The third-order valence-electron chi connectivity index (χ3n) is 4.72. The summed E-state index contributed by atoms with van der Waals surface area (Å²) in [6.07, 6.45) is 1.43. The number of nitrogens with zero attached hydrogens (tertiary/aromatic N) is 2. The van der Waals surface area contributed by atoms with Crippen LogP contribution in [0.5, 0.6) is 0 Å². The van der Waals surface area contributed by atoms with E-state index in [9.17, 15) is 14.7 Å². The summed E-state index contributed by atoms with van der Waals surface area (Å²) < 4.78 is 1.46. The van der Waals surface area contributed by atoms with Gasteiger partial charge in [-0.1, -0.05) is 54.6 Å². The monoisotopic (exact) mass is 397 g/mol. The van der Waals surface area contributed by atoms with E-state index < -0.39 is 5.97 Å². The van der Waals surface area contributed by atoms with Gasteiger partial charge in [-0.25, -0.2) is 9.48 Å². The summed E-state index contributed by atoms with van der Waals surface area (Å²) in [6.45, 7) is 1.86. The standard InChI is InChI=1S/C24H19N3O3/c1-16-12-13-19(24(29)30)21(14-16)25-15-20-22(17-8-4-2-5-9-17)26-27(23(20)28)18-10-6-3-7-11-18/h2-15,26H,1H3,(H,29,30). The molecule has 0 unspecified atom stereocenters. The summed E-state index contributed by atoms with van der Waals surface area (Å²) in [6, 6.07) is 23.6. The molecule has 1 aromatic heterocycles. The minimum atomic E-state index is -1.07. The largest absolute Gasteiger partial charge is 0.478 e. The summed E-state index contributed by atoms with van der Waals surface area (Å²) in [5.41, 5.74) is 3.47. The molecule has 0 aliphatic rings. The molecular weight excluding hydrogens is 378 g/mol. The van der Waals surface area contributed by atoms with Gasteiger partial charge in [0.15, 0.2) is 0 Å². The maximum Gasteiger partial charge on any atom is 0.337 e. The van der Waals surface area contributed by atoms with Gasteiger partial charge in [0.1, 0.15) is 0 Å². The second kappa shape index (κ2) is 8.05. The Morgan fingerprint density at radius 3 is 2.33 bits per heavy atom. The summed E-state index contributed by atoms with van der Waals surface area (Å²) in [5, 5.41) is 12.6. The quantitative estimate of drug-likeness (QED) is 0.483. The highest BCUT2D eigenvalue weighted by molar-refractivity contribution is 5.96. The predicted molar refractivity (Wildman–Crippen MR) is 117 cm³/mol. The van der Waals surface area contributed by atoms with Gasteiger partial charge in [-0.15, -0.1) is 0 Å². The molecule has 0 atom stereocenters. The van der Waals surface area contributed by atoms with Crippen molar-refractivity contribution in [1.82, 2.24) is 9.78 Å². The first kappa shape index (κ1) is 19.1. The molecular formula is C24H19N3O3. The van der Waals surface area contributed by atoms with Crippen LogP contribution in [0.1, 0.15) is 21.5 Å². The summed E-state index contributed by atoms with van der Waals surface area (Å²) in [4.78, 5) is 29.1. The molecule has 1 heterocycles. The Kier molecular flexibility index (Phi) is 5.13. The van der Waals surface area contributed by atoms with E-state index in [-0.39, 0.29) is 11.1 Å². The Hall–Kier alpha value is -4.19. The number of benzene rings is 3. The van der Waals surface area contributed by atoms with Gasteiger partial charge in [0, 0.05) is 11.8 Å². The van der Waals surface area contributed by atoms with Gasteiger partial charge in [-0.2, -0.15) is 0 Å². The number of aromatic carboxylic acids is 1. The normalized spacial score (nSPS) is 11.1. The lowest BCUT2D eigenvalue weighted by Gasteiger charge is -2.02. The Morgan fingerprint density at radius 1 is 1.00 bits per heavy atom. The van der Waals surface area contributed by atoms with E-state index in [2.05, 4.69) is 10.1 Å². The zero-order valence-corrected chi connectivity index (χ0v) is 16.2. The van der Waals surface area contributed by atoms with Crippen molar-refractivity contribution < 1.29 is 9.90 Å². The van der Waals surface area contributed by atoms with E-state index in [4.69, 9.17) is 0 Å². The van der Waals surface area contributed by atoms with Crippen LogP contribution < -0.4 is 5.56 Å². The van der Waals surface area contributed by atoms with E-state index in [1.165, 1.54) is 17.0 Å². The number of carbonyl (C=O) groups is 1. The van der Waals surface area contributed by atoms with Gasteiger partial charge in [0.05, 0.1) is 28.2 Å². The number of aromatic amines is 1. The molecule has 0 bridgehead atoms. The van der Waals surface area contributed by atoms with Crippen molar-refractivity contribution in [2.24, 2.45) is 4.99 Å². The van der Waals surface area contributed by atoms with Gasteiger partial charge in [0.2, 0.25) is 0 Å². The molecule has 0 aliphatic carbocycles. The molecule has 148 valence electrons. The smallest absolute Gasteiger partial charge is 0.337 e. The number of hydrogen-bond donors (Lipinski definition) is 2. The number of hydrogen-bond acceptors (Lipinski definition) is 3. The fourth-order valence-electron chi connectivity index (χ4n) is 3.22. The highest BCUT2D eigenvalue weighted by atomic mass is 16.4. The van der Waals surface area contributed by atoms with Crippen molar-refractivity contribution >= 4 is 17.9 Å².